The minimum absolute atomic E-state index is 0.619. The van der Waals surface area contributed by atoms with Crippen LogP contribution in [0.3, 0.4) is 0 Å². The Balaban J connectivity index is 1.15. The van der Waals surface area contributed by atoms with Crippen molar-refractivity contribution in [2.75, 3.05) is 0 Å². The van der Waals surface area contributed by atoms with Gasteiger partial charge in [-0.25, -0.2) is 19.9 Å². The van der Waals surface area contributed by atoms with Crippen molar-refractivity contribution < 1.29 is 4.42 Å². The molecule has 48 heavy (non-hydrogen) atoms. The summed E-state index contributed by atoms with van der Waals surface area (Å²) < 4.78 is 8.83. The highest BCUT2D eigenvalue weighted by Gasteiger charge is 2.19. The van der Waals surface area contributed by atoms with Crippen molar-refractivity contribution in [3.05, 3.63) is 146 Å². The molecular weight excluding hydrogens is 609 g/mol. The third kappa shape index (κ3) is 4.24. The van der Waals surface area contributed by atoms with Crippen molar-refractivity contribution in [2.24, 2.45) is 0 Å². The highest BCUT2D eigenvalue weighted by Crippen LogP contribution is 2.41. The number of nitrogens with zero attached hydrogens (tertiary/aromatic N) is 4. The topological polar surface area (TPSA) is 64.7 Å². The van der Waals surface area contributed by atoms with Crippen molar-refractivity contribution in [1.82, 2.24) is 19.9 Å². The Morgan fingerprint density at radius 2 is 1.06 bits per heavy atom. The van der Waals surface area contributed by atoms with Crippen molar-refractivity contribution in [3.8, 4) is 45.4 Å². The van der Waals surface area contributed by atoms with E-state index in [1.165, 1.54) is 20.2 Å². The van der Waals surface area contributed by atoms with Gasteiger partial charge in [0.25, 0.3) is 0 Å². The quantitative estimate of drug-likeness (QED) is 0.193. The number of fused-ring (bicyclic) bond motifs is 8. The lowest BCUT2D eigenvalue weighted by Crippen LogP contribution is -2.00. The fourth-order valence-corrected chi connectivity index (χ4v) is 7.87. The molecule has 0 bridgehead atoms. The molecule has 0 fully saturated rings. The van der Waals surface area contributed by atoms with E-state index in [-0.39, 0.29) is 0 Å². The lowest BCUT2D eigenvalue weighted by Gasteiger charge is -2.10. The van der Waals surface area contributed by atoms with Crippen molar-refractivity contribution in [3.63, 3.8) is 0 Å². The van der Waals surface area contributed by atoms with E-state index in [1.807, 2.05) is 66.7 Å². The van der Waals surface area contributed by atoms with Crippen LogP contribution in [-0.4, -0.2) is 19.9 Å². The number of benzene rings is 6. The maximum absolute atomic E-state index is 6.41. The second-order valence-electron chi connectivity index (χ2n) is 11.8. The molecule has 0 saturated carbocycles. The van der Waals surface area contributed by atoms with E-state index in [9.17, 15) is 0 Å². The molecule has 5 nitrogen and oxygen atoms in total. The zero-order valence-corrected chi connectivity index (χ0v) is 26.3. The highest BCUT2D eigenvalue weighted by atomic mass is 32.1. The predicted molar refractivity (Wildman–Crippen MR) is 197 cm³/mol. The molecule has 0 saturated heterocycles. The summed E-state index contributed by atoms with van der Waals surface area (Å²) in [6, 6.07) is 49.7. The van der Waals surface area contributed by atoms with E-state index < -0.39 is 0 Å². The fraction of sp³-hybridized carbons (Fsp3) is 0. The molecule has 10 aromatic rings. The Bertz CT molecular complexity index is 2840. The first kappa shape index (κ1) is 26.9. The van der Waals surface area contributed by atoms with E-state index in [2.05, 4.69) is 78.9 Å². The summed E-state index contributed by atoms with van der Waals surface area (Å²) in [4.78, 5) is 20.3. The monoisotopic (exact) mass is 632 g/mol. The van der Waals surface area contributed by atoms with E-state index in [0.717, 1.165) is 60.8 Å². The maximum Gasteiger partial charge on any atom is 0.165 e. The predicted octanol–water partition coefficient (Wildman–Crippen LogP) is 11.4. The highest BCUT2D eigenvalue weighted by molar-refractivity contribution is 7.26. The summed E-state index contributed by atoms with van der Waals surface area (Å²) in [6.07, 6.45) is 0. The number of thiophene rings is 1. The lowest BCUT2D eigenvalue weighted by molar-refractivity contribution is 0.672. The Morgan fingerprint density at radius 3 is 1.90 bits per heavy atom. The van der Waals surface area contributed by atoms with Crippen molar-refractivity contribution in [1.29, 1.82) is 0 Å². The van der Waals surface area contributed by atoms with Crippen LogP contribution in [0.2, 0.25) is 0 Å². The first-order valence-corrected chi connectivity index (χ1v) is 16.6. The van der Waals surface area contributed by atoms with Gasteiger partial charge in [0, 0.05) is 53.2 Å². The van der Waals surface area contributed by atoms with Crippen LogP contribution in [0.5, 0.6) is 0 Å². The Hall–Kier alpha value is -6.24. The van der Waals surface area contributed by atoms with Gasteiger partial charge < -0.3 is 4.42 Å². The zero-order chi connectivity index (χ0) is 31.6. The smallest absolute Gasteiger partial charge is 0.165 e. The summed E-state index contributed by atoms with van der Waals surface area (Å²) in [5.74, 6) is 1.91. The van der Waals surface area contributed by atoms with Gasteiger partial charge in [-0.1, -0.05) is 115 Å². The summed E-state index contributed by atoms with van der Waals surface area (Å²) in [5.41, 5.74) is 7.32. The molecule has 6 heteroatoms. The molecule has 0 radical (unpaired) electrons. The van der Waals surface area contributed by atoms with Crippen molar-refractivity contribution >= 4 is 64.4 Å². The van der Waals surface area contributed by atoms with Crippen LogP contribution < -0.4 is 0 Å². The summed E-state index contributed by atoms with van der Waals surface area (Å²) in [7, 11) is 0. The van der Waals surface area contributed by atoms with Gasteiger partial charge in [0.15, 0.2) is 17.5 Å². The number of rotatable bonds is 4. The molecule has 10 rings (SSSR count). The minimum Gasteiger partial charge on any atom is -0.455 e. The number of pyridine rings is 1. The molecule has 0 atom stereocenters. The average Bonchev–Trinajstić information content (AvgIpc) is 3.74. The molecule has 4 aromatic heterocycles. The molecule has 0 unspecified atom stereocenters. The van der Waals surface area contributed by atoms with E-state index in [0.29, 0.717) is 17.5 Å². The van der Waals surface area contributed by atoms with Gasteiger partial charge in [-0.15, -0.1) is 11.3 Å². The van der Waals surface area contributed by atoms with Gasteiger partial charge in [0.1, 0.15) is 11.2 Å². The van der Waals surface area contributed by atoms with E-state index in [4.69, 9.17) is 24.4 Å². The van der Waals surface area contributed by atoms with Gasteiger partial charge in [-0.3, -0.25) is 0 Å². The average molecular weight is 633 g/mol. The number of aromatic nitrogens is 4. The second-order valence-corrected chi connectivity index (χ2v) is 12.9. The Labute approximate surface area is 278 Å². The third-order valence-corrected chi connectivity index (χ3v) is 10.2. The molecule has 0 aliphatic rings. The number of hydrogen-bond donors (Lipinski definition) is 0. The van der Waals surface area contributed by atoms with Gasteiger partial charge in [-0.2, -0.15) is 0 Å². The largest absolute Gasteiger partial charge is 0.455 e. The van der Waals surface area contributed by atoms with Crippen molar-refractivity contribution in [2.45, 2.75) is 0 Å². The molecule has 224 valence electrons. The van der Waals surface area contributed by atoms with Gasteiger partial charge >= 0.3 is 0 Å². The second kappa shape index (κ2) is 10.7. The molecule has 4 heterocycles. The molecule has 0 aliphatic heterocycles. The van der Waals surface area contributed by atoms with Crippen LogP contribution in [-0.2, 0) is 0 Å². The number of para-hydroxylation sites is 2. The Kier molecular flexibility index (Phi) is 5.98. The summed E-state index contributed by atoms with van der Waals surface area (Å²) >= 11 is 1.77. The molecule has 0 spiro atoms. The SMILES string of the molecule is c1ccc(-c2nc(-c3ccc(-c4nc5ccccc5c5oc6ccccc6c45)cc3)nc(-c3cccc4c3sc3ccccc34)n2)cc1. The summed E-state index contributed by atoms with van der Waals surface area (Å²) in [5, 5.41) is 5.52. The minimum atomic E-state index is 0.619. The van der Waals surface area contributed by atoms with E-state index in [1.54, 1.807) is 11.3 Å². The first-order chi connectivity index (χ1) is 23.8. The van der Waals surface area contributed by atoms with Gasteiger partial charge in [0.2, 0.25) is 0 Å². The van der Waals surface area contributed by atoms with Crippen LogP contribution in [0.25, 0.3) is 98.4 Å². The maximum atomic E-state index is 6.41. The fourth-order valence-electron chi connectivity index (χ4n) is 6.66. The lowest BCUT2D eigenvalue weighted by atomic mass is 10.0. The van der Waals surface area contributed by atoms with Crippen LogP contribution in [0.4, 0.5) is 0 Å². The van der Waals surface area contributed by atoms with Crippen LogP contribution in [0, 0.1) is 0 Å². The zero-order valence-electron chi connectivity index (χ0n) is 25.5. The van der Waals surface area contributed by atoms with Crippen LogP contribution in [0.1, 0.15) is 0 Å². The number of furan rings is 1. The molecule has 0 N–H and O–H groups in total. The summed E-state index contributed by atoms with van der Waals surface area (Å²) in [6.45, 7) is 0. The first-order valence-electron chi connectivity index (χ1n) is 15.8. The molecule has 0 aliphatic carbocycles. The Morgan fingerprint density at radius 1 is 0.438 bits per heavy atom. The third-order valence-electron chi connectivity index (χ3n) is 8.94. The normalized spacial score (nSPS) is 11.8. The molecule has 6 aromatic carbocycles. The standard InChI is InChI=1S/C42H24N4OS/c1-2-11-26(12-3-1)40-44-41(46-42(45-40)32-17-10-16-29-28-13-6-9-20-35(28)48-39(29)32)27-23-21-25(22-24-27)37-36-31-15-5-8-19-34(31)47-38(36)30-14-4-7-18-33(30)43-37/h1-24H. The molecule has 0 amide bonds. The van der Waals surface area contributed by atoms with Gasteiger partial charge in [-0.05, 0) is 30.3 Å². The molecular formula is C42H24N4OS. The van der Waals surface area contributed by atoms with Crippen LogP contribution in [0.15, 0.2) is 150 Å². The van der Waals surface area contributed by atoms with E-state index >= 15 is 0 Å². The number of hydrogen-bond acceptors (Lipinski definition) is 6. The van der Waals surface area contributed by atoms with Crippen LogP contribution >= 0.6 is 11.3 Å². The van der Waals surface area contributed by atoms with Gasteiger partial charge in [0.05, 0.1) is 16.6 Å².